The van der Waals surface area contributed by atoms with Crippen molar-refractivity contribution in [3.05, 3.63) is 24.3 Å². The first-order valence-corrected chi connectivity index (χ1v) is 8.49. The Morgan fingerprint density at radius 3 is 2.58 bits per heavy atom. The molecule has 3 N–H and O–H groups in total. The number of rotatable bonds is 7. The van der Waals surface area contributed by atoms with Crippen LogP contribution in [-0.4, -0.2) is 41.4 Å². The number of fused-ring (bicyclic) bond motifs is 1. The van der Waals surface area contributed by atoms with E-state index in [2.05, 4.69) is 10.6 Å². The molecule has 0 aliphatic carbocycles. The molecule has 3 amide bonds. The van der Waals surface area contributed by atoms with Crippen LogP contribution < -0.4 is 15.5 Å². The molecule has 8 nitrogen and oxygen atoms in total. The van der Waals surface area contributed by atoms with Crippen LogP contribution in [0.25, 0.3) is 0 Å². The van der Waals surface area contributed by atoms with Gasteiger partial charge in [-0.25, -0.2) is 4.79 Å². The van der Waals surface area contributed by atoms with Crippen molar-refractivity contribution in [3.63, 3.8) is 0 Å². The summed E-state index contributed by atoms with van der Waals surface area (Å²) in [4.78, 5) is 48.8. The van der Waals surface area contributed by atoms with Gasteiger partial charge in [0.2, 0.25) is 17.7 Å². The minimum Gasteiger partial charge on any atom is -0.480 e. The van der Waals surface area contributed by atoms with Crippen LogP contribution >= 0.6 is 0 Å². The van der Waals surface area contributed by atoms with E-state index in [-0.39, 0.29) is 37.1 Å². The molecule has 0 radical (unpaired) electrons. The van der Waals surface area contributed by atoms with E-state index in [1.807, 2.05) is 13.8 Å². The average Bonchev–Trinajstić information content (AvgIpc) is 2.57. The second-order valence-electron chi connectivity index (χ2n) is 6.63. The van der Waals surface area contributed by atoms with Gasteiger partial charge in [0.25, 0.3) is 0 Å². The third-order valence-corrected chi connectivity index (χ3v) is 3.98. The molecule has 2 rings (SSSR count). The SMILES string of the molecule is CC(C)C[C@@H](NC(=O)CCC(=O)N1CC(=O)Nc2ccccc21)C(=O)O. The fourth-order valence-corrected chi connectivity index (χ4v) is 2.77. The third-order valence-electron chi connectivity index (χ3n) is 3.98. The van der Waals surface area contributed by atoms with Crippen LogP contribution in [0.15, 0.2) is 24.3 Å². The standard InChI is InChI=1S/C18H23N3O5/c1-11(2)9-13(18(25)26)20-15(22)7-8-17(24)21-10-16(23)19-12-5-3-4-6-14(12)21/h3-6,11,13H,7-10H2,1-2H3,(H,19,23)(H,20,22)(H,25,26)/t13-/m1/s1. The summed E-state index contributed by atoms with van der Waals surface area (Å²) in [5, 5.41) is 14.3. The molecule has 1 heterocycles. The quantitative estimate of drug-likeness (QED) is 0.678. The Morgan fingerprint density at radius 1 is 1.23 bits per heavy atom. The summed E-state index contributed by atoms with van der Waals surface area (Å²) < 4.78 is 0. The molecule has 140 valence electrons. The van der Waals surface area contributed by atoms with E-state index in [0.717, 1.165) is 0 Å². The minimum absolute atomic E-state index is 0.109. The average molecular weight is 361 g/mol. The summed E-state index contributed by atoms with van der Waals surface area (Å²) in [6.45, 7) is 3.62. The number of hydrogen-bond donors (Lipinski definition) is 3. The topological polar surface area (TPSA) is 116 Å². The molecule has 0 aromatic heterocycles. The Hall–Kier alpha value is -2.90. The summed E-state index contributed by atoms with van der Waals surface area (Å²) in [7, 11) is 0. The summed E-state index contributed by atoms with van der Waals surface area (Å²) in [6, 6.07) is 5.95. The van der Waals surface area contributed by atoms with Crippen LogP contribution in [0, 0.1) is 5.92 Å². The summed E-state index contributed by atoms with van der Waals surface area (Å²) in [5.74, 6) is -2.15. The molecule has 0 unspecified atom stereocenters. The van der Waals surface area contributed by atoms with Crippen LogP contribution in [0.3, 0.4) is 0 Å². The number of aliphatic carboxylic acids is 1. The van der Waals surface area contributed by atoms with Crippen molar-refractivity contribution in [2.24, 2.45) is 5.92 Å². The van der Waals surface area contributed by atoms with Crippen LogP contribution in [0.2, 0.25) is 0 Å². The Balaban J connectivity index is 1.95. The highest BCUT2D eigenvalue weighted by Gasteiger charge is 2.27. The number of nitrogens with zero attached hydrogens (tertiary/aromatic N) is 1. The molecule has 1 aromatic carbocycles. The highest BCUT2D eigenvalue weighted by molar-refractivity contribution is 6.10. The second-order valence-corrected chi connectivity index (χ2v) is 6.63. The fourth-order valence-electron chi connectivity index (χ4n) is 2.77. The van der Waals surface area contributed by atoms with Crippen molar-refractivity contribution in [3.8, 4) is 0 Å². The third kappa shape index (κ3) is 5.05. The largest absolute Gasteiger partial charge is 0.480 e. The highest BCUT2D eigenvalue weighted by atomic mass is 16.4. The van der Waals surface area contributed by atoms with Crippen molar-refractivity contribution in [1.29, 1.82) is 0 Å². The van der Waals surface area contributed by atoms with Crippen molar-refractivity contribution in [1.82, 2.24) is 5.32 Å². The maximum Gasteiger partial charge on any atom is 0.326 e. The lowest BCUT2D eigenvalue weighted by Gasteiger charge is -2.29. The van der Waals surface area contributed by atoms with E-state index in [4.69, 9.17) is 5.11 Å². The first-order chi connectivity index (χ1) is 12.3. The molecular formula is C18H23N3O5. The van der Waals surface area contributed by atoms with Crippen molar-refractivity contribution in [2.75, 3.05) is 16.8 Å². The minimum atomic E-state index is -1.10. The number of amides is 3. The van der Waals surface area contributed by atoms with E-state index in [9.17, 15) is 19.2 Å². The van der Waals surface area contributed by atoms with Crippen LogP contribution in [0.4, 0.5) is 11.4 Å². The Labute approximate surface area is 151 Å². The molecule has 26 heavy (non-hydrogen) atoms. The van der Waals surface area contributed by atoms with E-state index in [1.165, 1.54) is 4.90 Å². The van der Waals surface area contributed by atoms with Gasteiger partial charge in [0.1, 0.15) is 12.6 Å². The van der Waals surface area contributed by atoms with Crippen LogP contribution in [0.1, 0.15) is 33.1 Å². The summed E-state index contributed by atoms with van der Waals surface area (Å²) in [6.07, 6.45) is 0.0666. The van der Waals surface area contributed by atoms with Gasteiger partial charge in [0, 0.05) is 12.8 Å². The van der Waals surface area contributed by atoms with Crippen LogP contribution in [-0.2, 0) is 19.2 Å². The lowest BCUT2D eigenvalue weighted by molar-refractivity contribution is -0.142. The first-order valence-electron chi connectivity index (χ1n) is 8.49. The number of para-hydroxylation sites is 2. The van der Waals surface area contributed by atoms with Gasteiger partial charge in [0.15, 0.2) is 0 Å². The molecule has 0 bridgehead atoms. The molecule has 0 spiro atoms. The normalized spacial score (nSPS) is 14.4. The lowest BCUT2D eigenvalue weighted by Crippen LogP contribution is -2.44. The van der Waals surface area contributed by atoms with Crippen molar-refractivity contribution in [2.45, 2.75) is 39.2 Å². The Bertz CT molecular complexity index is 717. The molecule has 1 atom stereocenters. The first kappa shape index (κ1) is 19.4. The highest BCUT2D eigenvalue weighted by Crippen LogP contribution is 2.29. The van der Waals surface area contributed by atoms with Gasteiger partial charge in [-0.05, 0) is 24.5 Å². The predicted octanol–water partition coefficient (Wildman–Crippen LogP) is 1.37. The maximum atomic E-state index is 12.5. The number of hydrogen-bond acceptors (Lipinski definition) is 4. The zero-order valence-corrected chi connectivity index (χ0v) is 14.8. The Morgan fingerprint density at radius 2 is 1.92 bits per heavy atom. The molecule has 0 fully saturated rings. The van der Waals surface area contributed by atoms with Gasteiger partial charge in [-0.3, -0.25) is 14.4 Å². The van der Waals surface area contributed by atoms with Crippen LogP contribution in [0.5, 0.6) is 0 Å². The monoisotopic (exact) mass is 361 g/mol. The van der Waals surface area contributed by atoms with Gasteiger partial charge in [-0.1, -0.05) is 26.0 Å². The van der Waals surface area contributed by atoms with Gasteiger partial charge >= 0.3 is 5.97 Å². The molecule has 1 aliphatic rings. The van der Waals surface area contributed by atoms with Crippen molar-refractivity contribution < 1.29 is 24.3 Å². The zero-order chi connectivity index (χ0) is 19.3. The lowest BCUT2D eigenvalue weighted by atomic mass is 10.0. The second kappa shape index (κ2) is 8.46. The van der Waals surface area contributed by atoms with Crippen molar-refractivity contribution >= 4 is 35.1 Å². The predicted molar refractivity (Wildman–Crippen MR) is 95.7 cm³/mol. The molecule has 1 aliphatic heterocycles. The van der Waals surface area contributed by atoms with E-state index >= 15 is 0 Å². The molecule has 8 heteroatoms. The van der Waals surface area contributed by atoms with E-state index in [0.29, 0.717) is 17.8 Å². The van der Waals surface area contributed by atoms with Gasteiger partial charge < -0.3 is 20.6 Å². The number of carbonyl (C=O) groups excluding carboxylic acids is 3. The van der Waals surface area contributed by atoms with Gasteiger partial charge in [-0.15, -0.1) is 0 Å². The number of carboxylic acid groups (broad SMARTS) is 1. The number of anilines is 2. The number of carboxylic acids is 1. The fraction of sp³-hybridized carbons (Fsp3) is 0.444. The summed E-state index contributed by atoms with van der Waals surface area (Å²) in [5.41, 5.74) is 1.13. The molecule has 0 saturated heterocycles. The number of benzene rings is 1. The number of carbonyl (C=O) groups is 4. The maximum absolute atomic E-state index is 12.5. The molecule has 1 aromatic rings. The van der Waals surface area contributed by atoms with E-state index < -0.39 is 17.9 Å². The molecular weight excluding hydrogens is 338 g/mol. The van der Waals surface area contributed by atoms with Gasteiger partial charge in [0.05, 0.1) is 11.4 Å². The molecule has 0 saturated carbocycles. The zero-order valence-electron chi connectivity index (χ0n) is 14.8. The van der Waals surface area contributed by atoms with Gasteiger partial charge in [-0.2, -0.15) is 0 Å². The number of nitrogens with one attached hydrogen (secondary N) is 2. The van der Waals surface area contributed by atoms with E-state index in [1.54, 1.807) is 24.3 Å². The Kier molecular flexibility index (Phi) is 6.32. The smallest absolute Gasteiger partial charge is 0.326 e. The summed E-state index contributed by atoms with van der Waals surface area (Å²) >= 11 is 0.